The van der Waals surface area contributed by atoms with Gasteiger partial charge < -0.3 is 10.3 Å². The number of hydrogen-bond acceptors (Lipinski definition) is 4. The zero-order chi connectivity index (χ0) is 13.1. The molecule has 4 nitrogen and oxygen atoms in total. The summed E-state index contributed by atoms with van der Waals surface area (Å²) in [4.78, 5) is 0. The quantitative estimate of drug-likeness (QED) is 0.861. The molecule has 96 valence electrons. The van der Waals surface area contributed by atoms with E-state index in [9.17, 15) is 8.78 Å². The summed E-state index contributed by atoms with van der Waals surface area (Å²) in [5.41, 5.74) is 5.91. The molecule has 18 heavy (non-hydrogen) atoms. The molecular weight excluding hydrogens is 258 g/mol. The van der Waals surface area contributed by atoms with E-state index < -0.39 is 11.6 Å². The van der Waals surface area contributed by atoms with Crippen molar-refractivity contribution in [3.05, 3.63) is 41.2 Å². The largest absolute Gasteiger partial charge is 0.324 e. The molecule has 2 N–H and O–H groups in total. The molecule has 1 aromatic heterocycles. The molecule has 0 aliphatic carbocycles. The fourth-order valence-corrected chi connectivity index (χ4v) is 2.35. The molecule has 0 saturated carbocycles. The normalized spacial score (nSPS) is 10.9. The second kappa shape index (κ2) is 5.45. The molecule has 0 spiro atoms. The van der Waals surface area contributed by atoms with Crippen LogP contribution in [-0.2, 0) is 19.3 Å². The first-order chi connectivity index (χ1) is 8.61. The van der Waals surface area contributed by atoms with Crippen molar-refractivity contribution >= 4 is 11.8 Å². The highest BCUT2D eigenvalue weighted by atomic mass is 32.2. The van der Waals surface area contributed by atoms with Gasteiger partial charge in [-0.05, 0) is 11.6 Å². The Bertz CT molecular complexity index is 556. The molecule has 0 radical (unpaired) electrons. The van der Waals surface area contributed by atoms with Crippen molar-refractivity contribution in [1.29, 1.82) is 0 Å². The fraction of sp³-hybridized carbons (Fsp3) is 0.273. The Morgan fingerprint density at radius 2 is 2.11 bits per heavy atom. The van der Waals surface area contributed by atoms with Gasteiger partial charge in [-0.1, -0.05) is 17.8 Å². The molecule has 0 fully saturated rings. The van der Waals surface area contributed by atoms with Gasteiger partial charge in [0, 0.05) is 18.9 Å². The Kier molecular flexibility index (Phi) is 3.93. The van der Waals surface area contributed by atoms with Crippen LogP contribution >= 0.6 is 11.8 Å². The zero-order valence-electron chi connectivity index (χ0n) is 9.73. The first-order valence-electron chi connectivity index (χ1n) is 5.27. The predicted molar refractivity (Wildman–Crippen MR) is 64.8 cm³/mol. The Labute approximate surface area is 107 Å². The molecule has 0 bridgehead atoms. The van der Waals surface area contributed by atoms with Crippen LogP contribution in [0.1, 0.15) is 11.4 Å². The van der Waals surface area contributed by atoms with Gasteiger partial charge in [0.15, 0.2) is 5.16 Å². The van der Waals surface area contributed by atoms with Crippen LogP contribution in [0.15, 0.2) is 23.4 Å². The number of benzene rings is 1. The number of hydrogen-bond donors (Lipinski definition) is 1. The Morgan fingerprint density at radius 3 is 2.72 bits per heavy atom. The van der Waals surface area contributed by atoms with Gasteiger partial charge in [-0.15, -0.1) is 10.2 Å². The highest BCUT2D eigenvalue weighted by molar-refractivity contribution is 7.98. The van der Waals surface area contributed by atoms with Crippen molar-refractivity contribution in [2.24, 2.45) is 12.8 Å². The van der Waals surface area contributed by atoms with Crippen LogP contribution in [0.3, 0.4) is 0 Å². The van der Waals surface area contributed by atoms with Gasteiger partial charge in [0.05, 0.1) is 6.54 Å². The van der Waals surface area contributed by atoms with Gasteiger partial charge in [-0.2, -0.15) is 0 Å². The van der Waals surface area contributed by atoms with Gasteiger partial charge in [-0.3, -0.25) is 0 Å². The highest BCUT2D eigenvalue weighted by Crippen LogP contribution is 2.22. The van der Waals surface area contributed by atoms with E-state index in [0.717, 1.165) is 6.07 Å². The molecule has 0 saturated heterocycles. The fourth-order valence-electron chi connectivity index (χ4n) is 1.43. The monoisotopic (exact) mass is 270 g/mol. The van der Waals surface area contributed by atoms with Crippen LogP contribution in [0, 0.1) is 11.6 Å². The van der Waals surface area contributed by atoms with E-state index in [1.807, 2.05) is 0 Å². The molecule has 2 rings (SSSR count). The summed E-state index contributed by atoms with van der Waals surface area (Å²) >= 11 is 1.33. The highest BCUT2D eigenvalue weighted by Gasteiger charge is 2.10. The van der Waals surface area contributed by atoms with Crippen molar-refractivity contribution in [2.45, 2.75) is 17.5 Å². The lowest BCUT2D eigenvalue weighted by atomic mass is 10.2. The lowest BCUT2D eigenvalue weighted by Crippen LogP contribution is -2.05. The minimum absolute atomic E-state index is 0.301. The van der Waals surface area contributed by atoms with E-state index >= 15 is 0 Å². The number of aromatic nitrogens is 3. The Balaban J connectivity index is 2.09. The summed E-state index contributed by atoms with van der Waals surface area (Å²) in [7, 11) is 1.80. The minimum atomic E-state index is -0.578. The standard InChI is InChI=1S/C11H12F2N4S/c1-17-10(5-14)15-16-11(17)18-6-7-2-3-8(12)4-9(7)13/h2-4H,5-6,14H2,1H3. The maximum atomic E-state index is 13.4. The molecule has 7 heteroatoms. The van der Waals surface area contributed by atoms with E-state index in [-0.39, 0.29) is 0 Å². The minimum Gasteiger partial charge on any atom is -0.324 e. The third kappa shape index (κ3) is 2.68. The number of halogens is 2. The second-order valence-corrected chi connectivity index (χ2v) is 4.63. The average molecular weight is 270 g/mol. The summed E-state index contributed by atoms with van der Waals surface area (Å²) in [6, 6.07) is 3.54. The molecule has 0 unspecified atom stereocenters. The van der Waals surface area contributed by atoms with Crippen LogP contribution in [0.5, 0.6) is 0 Å². The van der Waals surface area contributed by atoms with Crippen LogP contribution in [0.25, 0.3) is 0 Å². The van der Waals surface area contributed by atoms with Gasteiger partial charge in [0.1, 0.15) is 17.5 Å². The number of rotatable bonds is 4. The lowest BCUT2D eigenvalue weighted by molar-refractivity contribution is 0.576. The van der Waals surface area contributed by atoms with Crippen LogP contribution in [-0.4, -0.2) is 14.8 Å². The molecular formula is C11H12F2N4S. The molecule has 1 heterocycles. The van der Waals surface area contributed by atoms with Gasteiger partial charge in [-0.25, -0.2) is 8.78 Å². The number of nitrogens with two attached hydrogens (primary N) is 1. The zero-order valence-corrected chi connectivity index (χ0v) is 10.5. The van der Waals surface area contributed by atoms with Gasteiger partial charge in [0.25, 0.3) is 0 Å². The van der Waals surface area contributed by atoms with Gasteiger partial charge >= 0.3 is 0 Å². The topological polar surface area (TPSA) is 56.7 Å². The van der Waals surface area contributed by atoms with E-state index in [2.05, 4.69) is 10.2 Å². The molecule has 0 amide bonds. The molecule has 0 aliphatic rings. The summed E-state index contributed by atoms with van der Waals surface area (Å²) in [6.45, 7) is 0.301. The second-order valence-electron chi connectivity index (χ2n) is 3.69. The summed E-state index contributed by atoms with van der Waals surface area (Å²) in [5.74, 6) is -0.103. The van der Waals surface area contributed by atoms with Crippen molar-refractivity contribution in [2.75, 3.05) is 0 Å². The van der Waals surface area contributed by atoms with Crippen LogP contribution in [0.4, 0.5) is 8.78 Å². The molecule has 1 aromatic carbocycles. The summed E-state index contributed by atoms with van der Waals surface area (Å²) in [5, 5.41) is 8.50. The Hall–Kier alpha value is -1.47. The maximum absolute atomic E-state index is 13.4. The van der Waals surface area contributed by atoms with Crippen LogP contribution < -0.4 is 5.73 Å². The molecule has 0 atom stereocenters. The van der Waals surface area contributed by atoms with Crippen molar-refractivity contribution in [3.63, 3.8) is 0 Å². The molecule has 0 aliphatic heterocycles. The van der Waals surface area contributed by atoms with Crippen molar-refractivity contribution in [3.8, 4) is 0 Å². The number of nitrogens with zero attached hydrogens (tertiary/aromatic N) is 3. The lowest BCUT2D eigenvalue weighted by Gasteiger charge is -2.04. The average Bonchev–Trinajstić information content (AvgIpc) is 2.69. The third-order valence-corrected chi connectivity index (χ3v) is 3.55. The van der Waals surface area contributed by atoms with Gasteiger partial charge in [0.2, 0.25) is 0 Å². The van der Waals surface area contributed by atoms with Crippen molar-refractivity contribution in [1.82, 2.24) is 14.8 Å². The van der Waals surface area contributed by atoms with E-state index in [1.54, 1.807) is 11.6 Å². The number of thioether (sulfide) groups is 1. The van der Waals surface area contributed by atoms with Crippen molar-refractivity contribution < 1.29 is 8.78 Å². The third-order valence-electron chi connectivity index (χ3n) is 2.48. The first-order valence-corrected chi connectivity index (χ1v) is 6.25. The summed E-state index contributed by atoms with van der Waals surface area (Å²) < 4.78 is 27.9. The predicted octanol–water partition coefficient (Wildman–Crippen LogP) is 1.84. The Morgan fingerprint density at radius 1 is 1.33 bits per heavy atom. The smallest absolute Gasteiger partial charge is 0.191 e. The summed E-state index contributed by atoms with van der Waals surface area (Å²) in [6.07, 6.45) is 0. The van der Waals surface area contributed by atoms with E-state index in [0.29, 0.717) is 28.8 Å². The van der Waals surface area contributed by atoms with Crippen LogP contribution in [0.2, 0.25) is 0 Å². The van der Waals surface area contributed by atoms with E-state index in [1.165, 1.54) is 23.9 Å². The SMILES string of the molecule is Cn1c(CN)nnc1SCc1ccc(F)cc1F. The maximum Gasteiger partial charge on any atom is 0.191 e. The first kappa shape index (κ1) is 13.0. The molecule has 2 aromatic rings. The van der Waals surface area contributed by atoms with E-state index in [4.69, 9.17) is 5.73 Å².